The Bertz CT molecular complexity index is 951. The highest BCUT2D eigenvalue weighted by Crippen LogP contribution is 2.15. The van der Waals surface area contributed by atoms with E-state index in [9.17, 15) is 9.59 Å². The van der Waals surface area contributed by atoms with Gasteiger partial charge in [-0.1, -0.05) is 12.1 Å². The molecule has 3 aromatic rings. The van der Waals surface area contributed by atoms with E-state index in [2.05, 4.69) is 15.4 Å². The predicted octanol–water partition coefficient (Wildman–Crippen LogP) is 1.42. The van der Waals surface area contributed by atoms with Crippen LogP contribution in [0.1, 0.15) is 27.6 Å². The zero-order valence-electron chi connectivity index (χ0n) is 14.1. The third kappa shape index (κ3) is 2.58. The molecule has 0 saturated carbocycles. The Morgan fingerprint density at radius 2 is 1.88 bits per heavy atom. The zero-order chi connectivity index (χ0) is 17.4. The van der Waals surface area contributed by atoms with Crippen molar-refractivity contribution in [1.29, 1.82) is 0 Å². The number of hydrogen-bond acceptors (Lipinski definition) is 4. The van der Waals surface area contributed by atoms with E-state index in [1.54, 1.807) is 25.6 Å². The van der Waals surface area contributed by atoms with Gasteiger partial charge >= 0.3 is 0 Å². The van der Waals surface area contributed by atoms with Gasteiger partial charge < -0.3 is 9.88 Å². The second kappa shape index (κ2) is 5.92. The maximum atomic E-state index is 12.4. The molecular formula is C17H19N5O2. The Balaban J connectivity index is 1.77. The van der Waals surface area contributed by atoms with E-state index in [0.29, 0.717) is 22.8 Å². The van der Waals surface area contributed by atoms with E-state index in [0.717, 1.165) is 11.0 Å². The second-order valence-electron chi connectivity index (χ2n) is 5.76. The summed E-state index contributed by atoms with van der Waals surface area (Å²) in [5.41, 5.74) is 3.43. The van der Waals surface area contributed by atoms with Crippen LogP contribution in [0, 0.1) is 13.8 Å². The smallest absolute Gasteiger partial charge is 0.292 e. The normalized spacial score (nSPS) is 11.0. The van der Waals surface area contributed by atoms with Gasteiger partial charge in [0.25, 0.3) is 11.7 Å². The molecule has 1 amide bonds. The number of imidazole rings is 1. The van der Waals surface area contributed by atoms with E-state index in [1.165, 1.54) is 0 Å². The van der Waals surface area contributed by atoms with Crippen LogP contribution in [-0.2, 0) is 25.4 Å². The van der Waals surface area contributed by atoms with Crippen molar-refractivity contribution in [3.05, 3.63) is 47.0 Å². The van der Waals surface area contributed by atoms with Gasteiger partial charge in [0.1, 0.15) is 5.82 Å². The quantitative estimate of drug-likeness (QED) is 0.581. The van der Waals surface area contributed by atoms with Crippen molar-refractivity contribution in [2.75, 3.05) is 0 Å². The average molecular weight is 325 g/mol. The lowest BCUT2D eigenvalue weighted by Crippen LogP contribution is -2.32. The van der Waals surface area contributed by atoms with E-state index in [4.69, 9.17) is 0 Å². The number of amides is 1. The average Bonchev–Trinajstić information content (AvgIpc) is 3.01. The number of Topliss-reactive ketones (excluding diaryl/α,β-unsaturated/α-hetero) is 1. The summed E-state index contributed by atoms with van der Waals surface area (Å²) in [6, 6.07) is 7.72. The highest BCUT2D eigenvalue weighted by atomic mass is 16.2. The van der Waals surface area contributed by atoms with Crippen molar-refractivity contribution in [3.8, 4) is 0 Å². The Hall–Kier alpha value is -2.96. The molecule has 0 aliphatic heterocycles. The van der Waals surface area contributed by atoms with Crippen molar-refractivity contribution in [2.45, 2.75) is 20.4 Å². The molecule has 7 heteroatoms. The van der Waals surface area contributed by atoms with Gasteiger partial charge in [0.2, 0.25) is 0 Å². The Morgan fingerprint density at radius 1 is 1.17 bits per heavy atom. The molecule has 0 saturated heterocycles. The van der Waals surface area contributed by atoms with E-state index in [1.807, 2.05) is 35.9 Å². The summed E-state index contributed by atoms with van der Waals surface area (Å²) < 4.78 is 3.50. The fourth-order valence-corrected chi connectivity index (χ4v) is 2.81. The molecule has 0 spiro atoms. The first-order valence-electron chi connectivity index (χ1n) is 7.63. The fourth-order valence-electron chi connectivity index (χ4n) is 2.81. The monoisotopic (exact) mass is 325 g/mol. The number of nitrogens with one attached hydrogen (secondary N) is 1. The Labute approximate surface area is 139 Å². The molecule has 0 aliphatic rings. The highest BCUT2D eigenvalue weighted by molar-refractivity contribution is 6.43. The SMILES string of the molecule is Cc1nn(C)c(C)c1C(=O)C(=O)NCc1nc2ccccc2n1C. The van der Waals surface area contributed by atoms with Gasteiger partial charge in [-0.2, -0.15) is 5.10 Å². The van der Waals surface area contributed by atoms with Crippen molar-refractivity contribution in [2.24, 2.45) is 14.1 Å². The van der Waals surface area contributed by atoms with Crippen LogP contribution < -0.4 is 5.32 Å². The number of nitrogens with zero attached hydrogens (tertiary/aromatic N) is 4. The molecule has 24 heavy (non-hydrogen) atoms. The lowest BCUT2D eigenvalue weighted by atomic mass is 10.1. The molecule has 7 nitrogen and oxygen atoms in total. The lowest BCUT2D eigenvalue weighted by molar-refractivity contribution is -0.117. The first kappa shape index (κ1) is 15.9. The van der Waals surface area contributed by atoms with Crippen LogP contribution in [0.25, 0.3) is 11.0 Å². The number of rotatable bonds is 4. The highest BCUT2D eigenvalue weighted by Gasteiger charge is 2.24. The maximum Gasteiger partial charge on any atom is 0.292 e. The van der Waals surface area contributed by atoms with Gasteiger partial charge in [-0.05, 0) is 26.0 Å². The van der Waals surface area contributed by atoms with Gasteiger partial charge in [0, 0.05) is 19.8 Å². The Morgan fingerprint density at radius 3 is 2.50 bits per heavy atom. The predicted molar refractivity (Wildman–Crippen MR) is 89.6 cm³/mol. The zero-order valence-corrected chi connectivity index (χ0v) is 14.1. The van der Waals surface area contributed by atoms with Gasteiger partial charge in [-0.3, -0.25) is 14.3 Å². The van der Waals surface area contributed by atoms with Gasteiger partial charge in [0.15, 0.2) is 0 Å². The maximum absolute atomic E-state index is 12.4. The summed E-state index contributed by atoms with van der Waals surface area (Å²) in [7, 11) is 3.63. The van der Waals surface area contributed by atoms with Crippen LogP contribution in [0.2, 0.25) is 0 Å². The molecule has 0 bridgehead atoms. The first-order valence-corrected chi connectivity index (χ1v) is 7.63. The summed E-state index contributed by atoms with van der Waals surface area (Å²) >= 11 is 0. The molecule has 2 aromatic heterocycles. The number of fused-ring (bicyclic) bond motifs is 1. The third-order valence-corrected chi connectivity index (χ3v) is 4.23. The minimum Gasteiger partial charge on any atom is -0.342 e. The summed E-state index contributed by atoms with van der Waals surface area (Å²) in [5, 5.41) is 6.83. The second-order valence-corrected chi connectivity index (χ2v) is 5.76. The number of ketones is 1. The molecule has 0 fully saturated rings. The molecule has 0 unspecified atom stereocenters. The third-order valence-electron chi connectivity index (χ3n) is 4.23. The van der Waals surface area contributed by atoms with Crippen LogP contribution in [0.3, 0.4) is 0 Å². The lowest BCUT2D eigenvalue weighted by Gasteiger charge is -2.05. The summed E-state index contributed by atoms with van der Waals surface area (Å²) in [4.78, 5) is 29.1. The van der Waals surface area contributed by atoms with Gasteiger partial charge in [-0.25, -0.2) is 4.98 Å². The minimum atomic E-state index is -0.652. The topological polar surface area (TPSA) is 81.8 Å². The summed E-state index contributed by atoms with van der Waals surface area (Å²) in [6.07, 6.45) is 0. The van der Waals surface area contributed by atoms with Crippen molar-refractivity contribution in [1.82, 2.24) is 24.6 Å². The Kier molecular flexibility index (Phi) is 3.92. The van der Waals surface area contributed by atoms with Crippen LogP contribution in [0.15, 0.2) is 24.3 Å². The molecule has 1 aromatic carbocycles. The molecule has 0 aliphatic carbocycles. The van der Waals surface area contributed by atoms with Crippen LogP contribution in [-0.4, -0.2) is 31.0 Å². The molecule has 0 atom stereocenters. The van der Waals surface area contributed by atoms with Crippen LogP contribution in [0.5, 0.6) is 0 Å². The summed E-state index contributed by atoms with van der Waals surface area (Å²) in [6.45, 7) is 3.68. The van der Waals surface area contributed by atoms with Gasteiger partial charge in [-0.15, -0.1) is 0 Å². The number of carbonyl (C=O) groups excluding carboxylic acids is 2. The molecule has 2 heterocycles. The van der Waals surface area contributed by atoms with Crippen molar-refractivity contribution in [3.63, 3.8) is 0 Å². The molecule has 1 N–H and O–H groups in total. The molecule has 0 radical (unpaired) electrons. The number of carbonyl (C=O) groups is 2. The molecule has 3 rings (SSSR count). The number of para-hydroxylation sites is 2. The number of hydrogen-bond donors (Lipinski definition) is 1. The van der Waals surface area contributed by atoms with E-state index < -0.39 is 11.7 Å². The molecule has 124 valence electrons. The fraction of sp³-hybridized carbons (Fsp3) is 0.294. The standard InChI is InChI=1S/C17H19N5O2/c1-10-15(11(2)22(4)20-10)16(23)17(24)18-9-14-19-12-7-5-6-8-13(12)21(14)3/h5-8H,9H2,1-4H3,(H,18,24). The number of aromatic nitrogens is 4. The van der Waals surface area contributed by atoms with Gasteiger partial charge in [0.05, 0.1) is 28.8 Å². The van der Waals surface area contributed by atoms with Crippen LogP contribution in [0.4, 0.5) is 0 Å². The van der Waals surface area contributed by atoms with E-state index in [-0.39, 0.29) is 6.54 Å². The first-order chi connectivity index (χ1) is 11.4. The largest absolute Gasteiger partial charge is 0.342 e. The van der Waals surface area contributed by atoms with E-state index >= 15 is 0 Å². The minimum absolute atomic E-state index is 0.189. The van der Waals surface area contributed by atoms with Crippen LogP contribution >= 0.6 is 0 Å². The van der Waals surface area contributed by atoms with Crippen molar-refractivity contribution >= 4 is 22.7 Å². The summed E-state index contributed by atoms with van der Waals surface area (Å²) in [5.74, 6) is -0.532. The number of benzene rings is 1. The number of aryl methyl sites for hydroxylation is 3. The van der Waals surface area contributed by atoms with Crippen molar-refractivity contribution < 1.29 is 9.59 Å². The molecular weight excluding hydrogens is 306 g/mol.